The molecule has 0 radical (unpaired) electrons. The van der Waals surface area contributed by atoms with Crippen molar-refractivity contribution in [1.82, 2.24) is 15.3 Å². The van der Waals surface area contributed by atoms with E-state index in [1.54, 1.807) is 6.20 Å². The van der Waals surface area contributed by atoms with Crippen molar-refractivity contribution in [3.63, 3.8) is 0 Å². The van der Waals surface area contributed by atoms with Crippen LogP contribution in [0.1, 0.15) is 11.5 Å². The lowest BCUT2D eigenvalue weighted by Gasteiger charge is -2.27. The molecule has 1 aliphatic heterocycles. The van der Waals surface area contributed by atoms with Crippen LogP contribution in [0.2, 0.25) is 0 Å². The molecule has 0 saturated carbocycles. The molecule has 0 aromatic carbocycles. The Bertz CT molecular complexity index is 463. The van der Waals surface area contributed by atoms with E-state index in [2.05, 4.69) is 27.4 Å². The molecule has 1 aliphatic rings. The van der Waals surface area contributed by atoms with Gasteiger partial charge >= 0.3 is 0 Å². The molecule has 0 unspecified atom stereocenters. The fourth-order valence-corrected chi connectivity index (χ4v) is 1.73. The molecule has 0 aliphatic carbocycles. The third kappa shape index (κ3) is 1.17. The zero-order valence-electron chi connectivity index (χ0n) is 7.77. The van der Waals surface area contributed by atoms with Crippen LogP contribution < -0.4 is 5.32 Å². The quantitative estimate of drug-likeness (QED) is 0.728. The fourth-order valence-electron chi connectivity index (χ4n) is 1.73. The van der Waals surface area contributed by atoms with Gasteiger partial charge in [0.05, 0.1) is 0 Å². The first-order chi connectivity index (χ1) is 6.93. The van der Waals surface area contributed by atoms with Crippen molar-refractivity contribution < 1.29 is 0 Å². The number of pyridine rings is 2. The molecule has 1 N–H and O–H groups in total. The summed E-state index contributed by atoms with van der Waals surface area (Å²) < 4.78 is 0. The van der Waals surface area contributed by atoms with Crippen LogP contribution in [-0.4, -0.2) is 23.1 Å². The van der Waals surface area contributed by atoms with Gasteiger partial charge in [-0.1, -0.05) is 0 Å². The zero-order valence-corrected chi connectivity index (χ0v) is 7.77. The van der Waals surface area contributed by atoms with Gasteiger partial charge in [-0.15, -0.1) is 0 Å². The van der Waals surface area contributed by atoms with Gasteiger partial charge < -0.3 is 5.32 Å². The Morgan fingerprint density at radius 1 is 1.29 bits per heavy atom. The normalized spacial score (nSPS) is 16.9. The summed E-state index contributed by atoms with van der Waals surface area (Å²) in [7, 11) is 0. The summed E-state index contributed by atoms with van der Waals surface area (Å²) in [4.78, 5) is 8.54. The van der Waals surface area contributed by atoms with Gasteiger partial charge in [-0.25, -0.2) is 9.97 Å². The Balaban J connectivity index is 2.10. The Morgan fingerprint density at radius 3 is 3.00 bits per heavy atom. The first-order valence-electron chi connectivity index (χ1n) is 4.85. The van der Waals surface area contributed by atoms with Gasteiger partial charge in [-0.3, -0.25) is 0 Å². The molecule has 14 heavy (non-hydrogen) atoms. The summed E-state index contributed by atoms with van der Waals surface area (Å²) in [6.07, 6.45) is 3.72. The average molecular weight is 185 g/mol. The lowest BCUT2D eigenvalue weighted by molar-refractivity contribution is 0.448. The van der Waals surface area contributed by atoms with Crippen LogP contribution in [0.3, 0.4) is 0 Å². The van der Waals surface area contributed by atoms with Gasteiger partial charge in [0.2, 0.25) is 0 Å². The second kappa shape index (κ2) is 3.03. The molecule has 2 aromatic rings. The number of nitrogens with zero attached hydrogens (tertiary/aromatic N) is 2. The predicted octanol–water partition coefficient (Wildman–Crippen LogP) is 1.32. The Morgan fingerprint density at radius 2 is 2.21 bits per heavy atom. The molecule has 70 valence electrons. The van der Waals surface area contributed by atoms with E-state index in [1.807, 2.05) is 12.3 Å². The minimum atomic E-state index is 0.645. The van der Waals surface area contributed by atoms with Crippen LogP contribution in [0, 0.1) is 0 Å². The first-order valence-corrected chi connectivity index (χ1v) is 4.85. The van der Waals surface area contributed by atoms with Crippen LogP contribution in [0.4, 0.5) is 0 Å². The molecule has 1 fully saturated rings. The molecule has 3 rings (SSSR count). The number of hydrogen-bond acceptors (Lipinski definition) is 3. The van der Waals surface area contributed by atoms with E-state index in [-0.39, 0.29) is 0 Å². The van der Waals surface area contributed by atoms with Crippen molar-refractivity contribution in [3.8, 4) is 0 Å². The van der Waals surface area contributed by atoms with E-state index >= 15 is 0 Å². The number of nitrogens with one attached hydrogen (secondary N) is 1. The molecule has 0 atom stereocenters. The maximum atomic E-state index is 4.35. The Kier molecular flexibility index (Phi) is 1.70. The maximum Gasteiger partial charge on any atom is 0.159 e. The number of fused-ring (bicyclic) bond motifs is 1. The molecule has 3 heterocycles. The van der Waals surface area contributed by atoms with Crippen LogP contribution in [0.25, 0.3) is 11.0 Å². The van der Waals surface area contributed by atoms with E-state index in [9.17, 15) is 0 Å². The Labute approximate surface area is 82.2 Å². The smallest absolute Gasteiger partial charge is 0.159 e. The first kappa shape index (κ1) is 7.88. The van der Waals surface area contributed by atoms with Gasteiger partial charge in [0.25, 0.3) is 0 Å². The minimum Gasteiger partial charge on any atom is -0.315 e. The molecular weight excluding hydrogens is 174 g/mol. The minimum absolute atomic E-state index is 0.645. The lowest BCUT2D eigenvalue weighted by atomic mass is 9.95. The van der Waals surface area contributed by atoms with Gasteiger partial charge in [0.1, 0.15) is 0 Å². The van der Waals surface area contributed by atoms with Gasteiger partial charge in [-0.05, 0) is 23.8 Å². The van der Waals surface area contributed by atoms with E-state index in [0.717, 1.165) is 24.1 Å². The predicted molar refractivity (Wildman–Crippen MR) is 55.1 cm³/mol. The number of hydrogen-bond donors (Lipinski definition) is 1. The summed E-state index contributed by atoms with van der Waals surface area (Å²) in [6, 6.07) is 6.21. The summed E-state index contributed by atoms with van der Waals surface area (Å²) in [6.45, 7) is 2.15. The van der Waals surface area contributed by atoms with Crippen LogP contribution in [0.15, 0.2) is 30.6 Å². The van der Waals surface area contributed by atoms with Crippen molar-refractivity contribution in [3.05, 3.63) is 36.2 Å². The van der Waals surface area contributed by atoms with Crippen molar-refractivity contribution in [2.45, 2.75) is 5.92 Å². The highest BCUT2D eigenvalue weighted by Gasteiger charge is 2.19. The summed E-state index contributed by atoms with van der Waals surface area (Å²) >= 11 is 0. The van der Waals surface area contributed by atoms with Gasteiger partial charge in [0.15, 0.2) is 5.65 Å². The van der Waals surface area contributed by atoms with Gasteiger partial charge in [-0.2, -0.15) is 0 Å². The van der Waals surface area contributed by atoms with Gasteiger partial charge in [0, 0.05) is 36.8 Å². The van der Waals surface area contributed by atoms with Crippen LogP contribution >= 0.6 is 0 Å². The second-order valence-corrected chi connectivity index (χ2v) is 3.67. The molecular formula is C11H11N3. The molecule has 3 nitrogen and oxygen atoms in total. The molecule has 3 heteroatoms. The molecule has 0 bridgehead atoms. The molecule has 0 spiro atoms. The van der Waals surface area contributed by atoms with E-state index in [0.29, 0.717) is 5.92 Å². The summed E-state index contributed by atoms with van der Waals surface area (Å²) in [5.41, 5.74) is 2.16. The SMILES string of the molecule is c1cnc2ncc(C3CNC3)cc2c1. The third-order valence-electron chi connectivity index (χ3n) is 2.73. The van der Waals surface area contributed by atoms with Crippen molar-refractivity contribution >= 4 is 11.0 Å². The highest BCUT2D eigenvalue weighted by atomic mass is 14.9. The van der Waals surface area contributed by atoms with Crippen LogP contribution in [0.5, 0.6) is 0 Å². The largest absolute Gasteiger partial charge is 0.315 e. The highest BCUT2D eigenvalue weighted by molar-refractivity contribution is 5.74. The zero-order chi connectivity index (χ0) is 9.38. The third-order valence-corrected chi connectivity index (χ3v) is 2.73. The average Bonchev–Trinajstić information content (AvgIpc) is 2.15. The van der Waals surface area contributed by atoms with Crippen molar-refractivity contribution in [2.75, 3.05) is 13.1 Å². The number of aromatic nitrogens is 2. The lowest BCUT2D eigenvalue weighted by Crippen LogP contribution is -2.39. The van der Waals surface area contributed by atoms with Crippen molar-refractivity contribution in [1.29, 1.82) is 0 Å². The van der Waals surface area contributed by atoms with E-state index in [4.69, 9.17) is 0 Å². The van der Waals surface area contributed by atoms with Crippen LogP contribution in [-0.2, 0) is 0 Å². The molecule has 1 saturated heterocycles. The number of rotatable bonds is 1. The maximum absolute atomic E-state index is 4.35. The summed E-state index contributed by atoms with van der Waals surface area (Å²) in [5, 5.41) is 4.40. The molecule has 0 amide bonds. The second-order valence-electron chi connectivity index (χ2n) is 3.67. The monoisotopic (exact) mass is 185 g/mol. The fraction of sp³-hybridized carbons (Fsp3) is 0.273. The highest BCUT2D eigenvalue weighted by Crippen LogP contribution is 2.21. The van der Waals surface area contributed by atoms with Crippen molar-refractivity contribution in [2.24, 2.45) is 0 Å². The Hall–Kier alpha value is -1.48. The topological polar surface area (TPSA) is 37.8 Å². The van der Waals surface area contributed by atoms with E-state index in [1.165, 1.54) is 5.56 Å². The van der Waals surface area contributed by atoms with E-state index < -0.39 is 0 Å². The molecule has 2 aromatic heterocycles. The standard InChI is InChI=1S/C11H11N3/c1-2-8-4-9(10-5-12-6-10)7-14-11(8)13-3-1/h1-4,7,10,12H,5-6H2. The summed E-state index contributed by atoms with van der Waals surface area (Å²) in [5.74, 6) is 0.645.